The fourth-order valence-electron chi connectivity index (χ4n) is 2.89. The Morgan fingerprint density at radius 2 is 1.28 bits per heavy atom. The van der Waals surface area contributed by atoms with E-state index in [4.69, 9.17) is 0 Å². The maximum Gasteiger partial charge on any atom is 0.573 e. The van der Waals surface area contributed by atoms with Gasteiger partial charge in [0.05, 0.1) is 18.4 Å². The first-order valence-corrected chi connectivity index (χ1v) is 8.77. The lowest BCUT2D eigenvalue weighted by Gasteiger charge is -2.18. The Bertz CT molecular complexity index is 1130. The molecule has 32 heavy (non-hydrogen) atoms. The molecule has 2 aromatic carbocycles. The second-order valence-corrected chi connectivity index (χ2v) is 6.20. The van der Waals surface area contributed by atoms with E-state index in [9.17, 15) is 31.1 Å². The molecule has 11 heteroatoms. The lowest BCUT2D eigenvalue weighted by atomic mass is 9.96. The van der Waals surface area contributed by atoms with Crippen molar-refractivity contribution in [1.82, 2.24) is 4.98 Å². The maximum atomic E-state index is 12.9. The third-order valence-corrected chi connectivity index (χ3v) is 4.08. The molecule has 0 bridgehead atoms. The van der Waals surface area contributed by atoms with Crippen molar-refractivity contribution in [1.29, 1.82) is 0 Å². The normalized spacial score (nSPS) is 11.7. The number of rotatable bonds is 5. The van der Waals surface area contributed by atoms with E-state index in [-0.39, 0.29) is 27.9 Å². The Kier molecular flexibility index (Phi) is 6.28. The predicted octanol–water partition coefficient (Wildman–Crippen LogP) is 6.00. The SMILES string of the molecule is COC(=O)c1cnc(-c2ccccc2OC(F)(F)F)c(-c2ccccc2OC(F)(F)F)c1. The zero-order chi connectivity index (χ0) is 23.5. The number of carbonyl (C=O) groups is 1. The molecular weight excluding hydrogens is 444 g/mol. The summed E-state index contributed by atoms with van der Waals surface area (Å²) in [4.78, 5) is 16.0. The van der Waals surface area contributed by atoms with Crippen LogP contribution in [-0.2, 0) is 4.74 Å². The van der Waals surface area contributed by atoms with Gasteiger partial charge in [-0.25, -0.2) is 4.79 Å². The second kappa shape index (κ2) is 8.77. The number of esters is 1. The molecule has 3 rings (SSSR count). The van der Waals surface area contributed by atoms with E-state index in [0.29, 0.717) is 0 Å². The molecule has 0 amide bonds. The van der Waals surface area contributed by atoms with Crippen LogP contribution >= 0.6 is 0 Å². The van der Waals surface area contributed by atoms with E-state index in [2.05, 4.69) is 19.2 Å². The first kappa shape index (κ1) is 22.9. The topological polar surface area (TPSA) is 57.7 Å². The molecule has 0 aliphatic carbocycles. The number of hydrogen-bond donors (Lipinski definition) is 0. The molecule has 3 aromatic rings. The van der Waals surface area contributed by atoms with Crippen LogP contribution in [0.2, 0.25) is 0 Å². The average molecular weight is 457 g/mol. The number of hydrogen-bond acceptors (Lipinski definition) is 5. The Hall–Kier alpha value is -3.76. The number of alkyl halides is 6. The van der Waals surface area contributed by atoms with Gasteiger partial charge in [-0.3, -0.25) is 4.98 Å². The van der Waals surface area contributed by atoms with E-state index in [1.165, 1.54) is 36.4 Å². The molecule has 1 aromatic heterocycles. The zero-order valence-electron chi connectivity index (χ0n) is 16.1. The highest BCUT2D eigenvalue weighted by Crippen LogP contribution is 2.42. The average Bonchev–Trinajstić information content (AvgIpc) is 2.71. The number of para-hydroxylation sites is 2. The Morgan fingerprint density at radius 3 is 1.81 bits per heavy atom. The molecule has 0 saturated heterocycles. The third-order valence-electron chi connectivity index (χ3n) is 4.08. The first-order chi connectivity index (χ1) is 15.0. The quantitative estimate of drug-likeness (QED) is 0.348. The molecule has 0 aliphatic rings. The van der Waals surface area contributed by atoms with Crippen molar-refractivity contribution in [2.45, 2.75) is 12.7 Å². The fraction of sp³-hybridized carbons (Fsp3) is 0.143. The number of nitrogens with zero attached hydrogens (tertiary/aromatic N) is 1. The number of ether oxygens (including phenoxy) is 3. The summed E-state index contributed by atoms with van der Waals surface area (Å²) in [6, 6.07) is 11.1. The van der Waals surface area contributed by atoms with E-state index in [0.717, 1.165) is 31.5 Å². The van der Waals surface area contributed by atoms with Crippen molar-refractivity contribution in [2.75, 3.05) is 7.11 Å². The van der Waals surface area contributed by atoms with Crippen LogP contribution < -0.4 is 9.47 Å². The Morgan fingerprint density at radius 1 is 0.781 bits per heavy atom. The van der Waals surface area contributed by atoms with Crippen molar-refractivity contribution < 1.29 is 45.3 Å². The molecule has 0 fully saturated rings. The summed E-state index contributed by atoms with van der Waals surface area (Å²) < 4.78 is 90.1. The number of pyridine rings is 1. The van der Waals surface area contributed by atoms with Gasteiger partial charge in [0.2, 0.25) is 0 Å². The van der Waals surface area contributed by atoms with E-state index < -0.39 is 30.2 Å². The van der Waals surface area contributed by atoms with Crippen molar-refractivity contribution in [3.63, 3.8) is 0 Å². The van der Waals surface area contributed by atoms with Crippen molar-refractivity contribution in [3.8, 4) is 33.9 Å². The standard InChI is InChI=1S/C21H13F6NO4/c1-30-19(29)12-10-15(13-6-2-4-8-16(13)31-20(22,23)24)18(28-11-12)14-7-3-5-9-17(14)32-21(25,26)27/h2-11H,1H3. The van der Waals surface area contributed by atoms with Gasteiger partial charge >= 0.3 is 18.7 Å². The van der Waals surface area contributed by atoms with Crippen LogP contribution in [0.3, 0.4) is 0 Å². The van der Waals surface area contributed by atoms with Crippen LogP contribution in [0.4, 0.5) is 26.3 Å². The summed E-state index contributed by atoms with van der Waals surface area (Å²) in [5.41, 5.74) is -0.748. The van der Waals surface area contributed by atoms with E-state index in [1.807, 2.05) is 0 Å². The summed E-state index contributed by atoms with van der Waals surface area (Å²) in [7, 11) is 1.09. The number of carbonyl (C=O) groups excluding carboxylic acids is 1. The van der Waals surface area contributed by atoms with Crippen LogP contribution in [0.25, 0.3) is 22.4 Å². The van der Waals surface area contributed by atoms with Gasteiger partial charge in [-0.15, -0.1) is 26.3 Å². The highest BCUT2D eigenvalue weighted by Gasteiger charge is 2.34. The smallest absolute Gasteiger partial charge is 0.465 e. The minimum atomic E-state index is -5.04. The van der Waals surface area contributed by atoms with E-state index in [1.54, 1.807) is 0 Å². The number of benzene rings is 2. The largest absolute Gasteiger partial charge is 0.573 e. The van der Waals surface area contributed by atoms with Crippen LogP contribution in [0, 0.1) is 0 Å². The lowest BCUT2D eigenvalue weighted by molar-refractivity contribution is -0.275. The van der Waals surface area contributed by atoms with Gasteiger partial charge in [0.15, 0.2) is 0 Å². The van der Waals surface area contributed by atoms with Gasteiger partial charge in [-0.1, -0.05) is 30.3 Å². The minimum absolute atomic E-state index is 0.106. The van der Waals surface area contributed by atoms with Gasteiger partial charge in [-0.05, 0) is 24.3 Å². The summed E-state index contributed by atoms with van der Waals surface area (Å²) in [5.74, 6) is -2.12. The summed E-state index contributed by atoms with van der Waals surface area (Å²) in [6.45, 7) is 0. The highest BCUT2D eigenvalue weighted by molar-refractivity contribution is 5.94. The predicted molar refractivity (Wildman–Crippen MR) is 99.8 cm³/mol. The van der Waals surface area contributed by atoms with E-state index >= 15 is 0 Å². The van der Waals surface area contributed by atoms with Crippen LogP contribution in [0.15, 0.2) is 60.8 Å². The van der Waals surface area contributed by atoms with Gasteiger partial charge < -0.3 is 14.2 Å². The molecule has 0 N–H and O–H groups in total. The van der Waals surface area contributed by atoms with Crippen molar-refractivity contribution in [3.05, 3.63) is 66.4 Å². The minimum Gasteiger partial charge on any atom is -0.465 e. The van der Waals surface area contributed by atoms with Gasteiger partial charge in [0, 0.05) is 22.9 Å². The van der Waals surface area contributed by atoms with Crippen molar-refractivity contribution >= 4 is 5.97 Å². The van der Waals surface area contributed by atoms with Gasteiger partial charge in [-0.2, -0.15) is 0 Å². The molecule has 0 spiro atoms. The highest BCUT2D eigenvalue weighted by atomic mass is 19.4. The fourth-order valence-corrected chi connectivity index (χ4v) is 2.89. The molecule has 0 unspecified atom stereocenters. The molecule has 5 nitrogen and oxygen atoms in total. The number of methoxy groups -OCH3 is 1. The summed E-state index contributed by atoms with van der Waals surface area (Å²) in [5, 5.41) is 0. The number of halogens is 6. The Balaban J connectivity index is 2.27. The summed E-state index contributed by atoms with van der Waals surface area (Å²) in [6.07, 6.45) is -9.04. The molecule has 1 heterocycles. The lowest BCUT2D eigenvalue weighted by Crippen LogP contribution is -2.18. The molecule has 168 valence electrons. The van der Waals surface area contributed by atoms with Gasteiger partial charge in [0.25, 0.3) is 0 Å². The van der Waals surface area contributed by atoms with Crippen LogP contribution in [0.1, 0.15) is 10.4 Å². The second-order valence-electron chi connectivity index (χ2n) is 6.20. The van der Waals surface area contributed by atoms with Gasteiger partial charge in [0.1, 0.15) is 11.5 Å². The third kappa shape index (κ3) is 5.48. The Labute approximate surface area is 177 Å². The molecule has 0 saturated carbocycles. The first-order valence-electron chi connectivity index (χ1n) is 8.77. The number of aromatic nitrogens is 1. The molecule has 0 aliphatic heterocycles. The summed E-state index contributed by atoms with van der Waals surface area (Å²) >= 11 is 0. The molecule has 0 atom stereocenters. The van der Waals surface area contributed by atoms with Crippen molar-refractivity contribution in [2.24, 2.45) is 0 Å². The molecular formula is C21H13F6NO4. The van der Waals surface area contributed by atoms with Crippen LogP contribution in [0.5, 0.6) is 11.5 Å². The molecule has 0 radical (unpaired) electrons. The zero-order valence-corrected chi connectivity index (χ0v) is 16.1. The monoisotopic (exact) mass is 457 g/mol. The van der Waals surface area contributed by atoms with Crippen LogP contribution in [-0.4, -0.2) is 30.8 Å². The maximum absolute atomic E-state index is 12.9.